The Morgan fingerprint density at radius 3 is 2.71 bits per heavy atom. The van der Waals surface area contributed by atoms with Gasteiger partial charge < -0.3 is 10.1 Å². The molecule has 0 aliphatic carbocycles. The van der Waals surface area contributed by atoms with E-state index in [1.165, 1.54) is 16.0 Å². The fourth-order valence-corrected chi connectivity index (χ4v) is 4.07. The molecule has 0 amide bonds. The van der Waals surface area contributed by atoms with Gasteiger partial charge in [0.1, 0.15) is 17.0 Å². The van der Waals surface area contributed by atoms with Crippen molar-refractivity contribution < 1.29 is 4.74 Å². The van der Waals surface area contributed by atoms with E-state index in [1.54, 1.807) is 24.8 Å². The zero-order valence-electron chi connectivity index (χ0n) is 13.8. The lowest BCUT2D eigenvalue weighted by Gasteiger charge is -2.09. The molecule has 0 spiro atoms. The van der Waals surface area contributed by atoms with Crippen LogP contribution in [-0.2, 0) is 11.2 Å². The molecule has 2 aromatic heterocycles. The highest BCUT2D eigenvalue weighted by molar-refractivity contribution is 9.10. The molecular weight excluding hydrogens is 386 g/mol. The third-order valence-corrected chi connectivity index (χ3v) is 5.60. The fraction of sp³-hybridized carbons (Fsp3) is 0.333. The van der Waals surface area contributed by atoms with E-state index >= 15 is 0 Å². The van der Waals surface area contributed by atoms with Crippen molar-refractivity contribution in [2.75, 3.05) is 25.6 Å². The molecule has 1 N–H and O–H groups in total. The first-order valence-corrected chi connectivity index (χ1v) is 9.60. The molecule has 3 rings (SSSR count). The summed E-state index contributed by atoms with van der Waals surface area (Å²) >= 11 is 5.26. The van der Waals surface area contributed by atoms with Gasteiger partial charge in [0.2, 0.25) is 0 Å². The number of nitrogens with one attached hydrogen (secondary N) is 1. The van der Waals surface area contributed by atoms with Gasteiger partial charge in [0, 0.05) is 35.2 Å². The molecule has 0 aliphatic rings. The number of fused-ring (bicyclic) bond motifs is 1. The first-order valence-electron chi connectivity index (χ1n) is 7.99. The number of hydrogen-bond donors (Lipinski definition) is 1. The SMILES string of the molecule is CCc1sc2ncnc(NCCCOC)c2c1-c1ccc(Br)cc1. The van der Waals surface area contributed by atoms with Crippen LogP contribution in [-0.4, -0.2) is 30.2 Å². The van der Waals surface area contributed by atoms with Gasteiger partial charge in [-0.25, -0.2) is 9.97 Å². The minimum Gasteiger partial charge on any atom is -0.385 e. The smallest absolute Gasteiger partial charge is 0.138 e. The molecule has 4 nitrogen and oxygen atoms in total. The quantitative estimate of drug-likeness (QED) is 0.553. The third kappa shape index (κ3) is 3.61. The van der Waals surface area contributed by atoms with Gasteiger partial charge in [0.15, 0.2) is 0 Å². The molecule has 1 aromatic carbocycles. The van der Waals surface area contributed by atoms with Gasteiger partial charge in [-0.15, -0.1) is 11.3 Å². The van der Waals surface area contributed by atoms with Crippen LogP contribution in [0.1, 0.15) is 18.2 Å². The van der Waals surface area contributed by atoms with E-state index in [1.807, 2.05) is 0 Å². The highest BCUT2D eigenvalue weighted by Crippen LogP contribution is 2.41. The Hall–Kier alpha value is -1.50. The van der Waals surface area contributed by atoms with Gasteiger partial charge >= 0.3 is 0 Å². The second-order valence-corrected chi connectivity index (χ2v) is 7.44. The predicted octanol–water partition coefficient (Wildman–Crippen LogP) is 5.13. The molecule has 0 radical (unpaired) electrons. The van der Waals surface area contributed by atoms with E-state index in [0.29, 0.717) is 0 Å². The minimum absolute atomic E-state index is 0.741. The molecule has 2 heterocycles. The number of hydrogen-bond acceptors (Lipinski definition) is 5. The van der Waals surface area contributed by atoms with Crippen molar-refractivity contribution in [3.63, 3.8) is 0 Å². The number of ether oxygens (including phenoxy) is 1. The van der Waals surface area contributed by atoms with Gasteiger partial charge in [0.05, 0.1) is 5.39 Å². The summed E-state index contributed by atoms with van der Waals surface area (Å²) in [6.45, 7) is 3.76. The van der Waals surface area contributed by atoms with Crippen molar-refractivity contribution >= 4 is 43.3 Å². The van der Waals surface area contributed by atoms with Crippen LogP contribution in [0.3, 0.4) is 0 Å². The first kappa shape index (κ1) is 17.3. The maximum Gasteiger partial charge on any atom is 0.138 e. The monoisotopic (exact) mass is 405 g/mol. The van der Waals surface area contributed by atoms with E-state index in [0.717, 1.165) is 46.5 Å². The Kier molecular flexibility index (Phi) is 5.81. The minimum atomic E-state index is 0.741. The Labute approximate surface area is 154 Å². The summed E-state index contributed by atoms with van der Waals surface area (Å²) < 4.78 is 6.20. The molecule has 0 unspecified atom stereocenters. The van der Waals surface area contributed by atoms with Crippen molar-refractivity contribution in [3.8, 4) is 11.1 Å². The largest absolute Gasteiger partial charge is 0.385 e. The highest BCUT2D eigenvalue weighted by Gasteiger charge is 2.17. The lowest BCUT2D eigenvalue weighted by Crippen LogP contribution is -2.06. The van der Waals surface area contributed by atoms with Crippen molar-refractivity contribution in [3.05, 3.63) is 39.9 Å². The Bertz CT molecular complexity index is 817. The maximum atomic E-state index is 5.12. The molecule has 3 aromatic rings. The van der Waals surface area contributed by atoms with Gasteiger partial charge in [-0.1, -0.05) is 35.0 Å². The second kappa shape index (κ2) is 8.05. The fourth-order valence-electron chi connectivity index (χ4n) is 2.71. The van der Waals surface area contributed by atoms with Crippen LogP contribution in [0.2, 0.25) is 0 Å². The predicted molar refractivity (Wildman–Crippen MR) is 105 cm³/mol. The molecule has 0 aliphatic heterocycles. The average Bonchev–Trinajstić information content (AvgIpc) is 2.99. The van der Waals surface area contributed by atoms with Crippen LogP contribution >= 0.6 is 27.3 Å². The summed E-state index contributed by atoms with van der Waals surface area (Å²) in [4.78, 5) is 11.4. The van der Waals surface area contributed by atoms with Crippen LogP contribution in [0.4, 0.5) is 5.82 Å². The van der Waals surface area contributed by atoms with E-state index in [9.17, 15) is 0 Å². The maximum absolute atomic E-state index is 5.12. The first-order chi connectivity index (χ1) is 11.7. The molecule has 0 atom stereocenters. The van der Waals surface area contributed by atoms with Crippen LogP contribution in [0.25, 0.3) is 21.3 Å². The van der Waals surface area contributed by atoms with E-state index in [-0.39, 0.29) is 0 Å². The second-order valence-electron chi connectivity index (χ2n) is 5.44. The third-order valence-electron chi connectivity index (χ3n) is 3.83. The van der Waals surface area contributed by atoms with Crippen molar-refractivity contribution in [1.82, 2.24) is 9.97 Å². The molecule has 0 saturated carbocycles. The number of anilines is 1. The van der Waals surface area contributed by atoms with Crippen LogP contribution in [0, 0.1) is 0 Å². The Morgan fingerprint density at radius 1 is 1.21 bits per heavy atom. The lowest BCUT2D eigenvalue weighted by molar-refractivity contribution is 0.198. The van der Waals surface area contributed by atoms with E-state index in [2.05, 4.69) is 62.4 Å². The lowest BCUT2D eigenvalue weighted by atomic mass is 10.0. The summed E-state index contributed by atoms with van der Waals surface area (Å²) in [6.07, 6.45) is 3.57. The van der Waals surface area contributed by atoms with Crippen molar-refractivity contribution in [2.45, 2.75) is 19.8 Å². The summed E-state index contributed by atoms with van der Waals surface area (Å²) in [5.74, 6) is 0.907. The summed E-state index contributed by atoms with van der Waals surface area (Å²) in [7, 11) is 1.72. The van der Waals surface area contributed by atoms with E-state index < -0.39 is 0 Å². The van der Waals surface area contributed by atoms with Crippen molar-refractivity contribution in [1.29, 1.82) is 0 Å². The molecule has 0 saturated heterocycles. The Morgan fingerprint density at radius 2 is 2.00 bits per heavy atom. The van der Waals surface area contributed by atoms with Crippen LogP contribution < -0.4 is 5.32 Å². The zero-order chi connectivity index (χ0) is 16.9. The number of halogens is 1. The zero-order valence-corrected chi connectivity index (χ0v) is 16.2. The summed E-state index contributed by atoms with van der Waals surface area (Å²) in [5.41, 5.74) is 2.45. The number of nitrogens with zero attached hydrogens (tertiary/aromatic N) is 2. The topological polar surface area (TPSA) is 47.0 Å². The molecular formula is C18H20BrN3OS. The highest BCUT2D eigenvalue weighted by atomic mass is 79.9. The number of thiophene rings is 1. The molecule has 6 heteroatoms. The van der Waals surface area contributed by atoms with Gasteiger partial charge in [-0.05, 0) is 30.5 Å². The summed E-state index contributed by atoms with van der Waals surface area (Å²) in [5, 5.41) is 4.57. The molecule has 0 bridgehead atoms. The van der Waals surface area contributed by atoms with Gasteiger partial charge in [0.25, 0.3) is 0 Å². The summed E-state index contributed by atoms with van der Waals surface area (Å²) in [6, 6.07) is 8.44. The number of rotatable bonds is 7. The van der Waals surface area contributed by atoms with E-state index in [4.69, 9.17) is 4.74 Å². The number of aryl methyl sites for hydroxylation is 1. The van der Waals surface area contributed by atoms with Crippen LogP contribution in [0.5, 0.6) is 0 Å². The normalized spacial score (nSPS) is 11.1. The standard InChI is InChI=1S/C18H20BrN3OS/c1-3-14-15(12-5-7-13(19)8-6-12)16-17(20-9-4-10-23-2)21-11-22-18(16)24-14/h5-8,11H,3-4,9-10H2,1-2H3,(H,20,21,22). The van der Waals surface area contributed by atoms with Crippen molar-refractivity contribution in [2.24, 2.45) is 0 Å². The number of methoxy groups -OCH3 is 1. The number of aromatic nitrogens is 2. The van der Waals surface area contributed by atoms with Gasteiger partial charge in [-0.3, -0.25) is 0 Å². The molecule has 24 heavy (non-hydrogen) atoms. The average molecular weight is 406 g/mol. The van der Waals surface area contributed by atoms with Crippen LogP contribution in [0.15, 0.2) is 35.1 Å². The Balaban J connectivity index is 2.06. The van der Waals surface area contributed by atoms with Gasteiger partial charge in [-0.2, -0.15) is 0 Å². The molecule has 0 fully saturated rings. The molecule has 126 valence electrons. The number of benzene rings is 1.